The predicted octanol–water partition coefficient (Wildman–Crippen LogP) is 6.08. The average molecular weight is 576 g/mol. The van der Waals surface area contributed by atoms with E-state index in [9.17, 15) is 4.79 Å². The first kappa shape index (κ1) is 29.3. The molecule has 0 aliphatic heterocycles. The first-order valence-electron chi connectivity index (χ1n) is 14.1. The number of nitrogens with one attached hydrogen (secondary N) is 2. The molecule has 0 aliphatic carbocycles. The number of aryl methyl sites for hydroxylation is 1. The zero-order valence-electron chi connectivity index (χ0n) is 25.0. The molecule has 2 aromatic heterocycles. The quantitative estimate of drug-likeness (QED) is 0.174. The van der Waals surface area contributed by atoms with Crippen LogP contribution in [0, 0.1) is 0 Å². The molecule has 0 radical (unpaired) electrons. The van der Waals surface area contributed by atoms with E-state index in [-0.39, 0.29) is 5.91 Å². The summed E-state index contributed by atoms with van der Waals surface area (Å²) in [4.78, 5) is 26.1. The Labute approximate surface area is 252 Å². The summed E-state index contributed by atoms with van der Waals surface area (Å²) >= 11 is 0. The fourth-order valence-electron chi connectivity index (χ4n) is 5.09. The second-order valence-electron chi connectivity index (χ2n) is 10.5. The molecule has 220 valence electrons. The summed E-state index contributed by atoms with van der Waals surface area (Å²) in [5.41, 5.74) is 6.25. The number of fused-ring (bicyclic) bond motifs is 1. The third-order valence-corrected chi connectivity index (χ3v) is 7.36. The maximum atomic E-state index is 12.4. The third kappa shape index (κ3) is 6.85. The van der Waals surface area contributed by atoms with Crippen LogP contribution in [0.15, 0.2) is 97.8 Å². The van der Waals surface area contributed by atoms with Gasteiger partial charge in [0.2, 0.25) is 11.9 Å². The first-order valence-corrected chi connectivity index (χ1v) is 14.1. The number of carbonyl (C=O) groups excluding carboxylic acids is 1. The summed E-state index contributed by atoms with van der Waals surface area (Å²) in [5, 5.41) is 7.38. The highest BCUT2D eigenvalue weighted by molar-refractivity contribution is 6.02. The Morgan fingerprint density at radius 2 is 1.79 bits per heavy atom. The first-order chi connectivity index (χ1) is 20.9. The van der Waals surface area contributed by atoms with Crippen LogP contribution >= 0.6 is 0 Å². The highest BCUT2D eigenvalue weighted by Crippen LogP contribution is 2.38. The van der Waals surface area contributed by atoms with Gasteiger partial charge in [-0.1, -0.05) is 55.1 Å². The number of likely N-dealkylation sites (N-methyl/N-ethyl adjacent to an activating group) is 2. The normalized spacial score (nSPS) is 11.0. The van der Waals surface area contributed by atoms with Crippen molar-refractivity contribution < 1.29 is 9.53 Å². The van der Waals surface area contributed by atoms with Gasteiger partial charge in [0.05, 0.1) is 29.9 Å². The van der Waals surface area contributed by atoms with E-state index in [1.54, 1.807) is 13.3 Å². The van der Waals surface area contributed by atoms with Gasteiger partial charge in [-0.3, -0.25) is 4.79 Å². The molecule has 0 aliphatic rings. The van der Waals surface area contributed by atoms with Gasteiger partial charge in [-0.05, 0) is 36.9 Å². The molecule has 0 bridgehead atoms. The van der Waals surface area contributed by atoms with Gasteiger partial charge in [0.25, 0.3) is 0 Å². The van der Waals surface area contributed by atoms with Crippen molar-refractivity contribution in [3.8, 4) is 17.0 Å². The molecular formula is C34H37N7O2. The number of methoxy groups -OCH3 is 1. The van der Waals surface area contributed by atoms with Crippen molar-refractivity contribution in [3.63, 3.8) is 0 Å². The smallest absolute Gasteiger partial charge is 0.247 e. The van der Waals surface area contributed by atoms with Crippen molar-refractivity contribution in [3.05, 3.63) is 103 Å². The topological polar surface area (TPSA) is 87.5 Å². The van der Waals surface area contributed by atoms with Crippen LogP contribution in [0.25, 0.3) is 22.2 Å². The molecule has 43 heavy (non-hydrogen) atoms. The van der Waals surface area contributed by atoms with Gasteiger partial charge < -0.3 is 29.7 Å². The Kier molecular flexibility index (Phi) is 9.02. The van der Waals surface area contributed by atoms with E-state index in [1.807, 2.05) is 50.5 Å². The summed E-state index contributed by atoms with van der Waals surface area (Å²) in [7, 11) is 7.74. The molecule has 0 fully saturated rings. The molecule has 0 atom stereocenters. The van der Waals surface area contributed by atoms with E-state index < -0.39 is 0 Å². The lowest BCUT2D eigenvalue weighted by atomic mass is 10.1. The van der Waals surface area contributed by atoms with E-state index in [0.717, 1.165) is 47.5 Å². The van der Waals surface area contributed by atoms with Crippen molar-refractivity contribution in [1.29, 1.82) is 0 Å². The Bertz CT molecular complexity index is 1730. The molecule has 0 saturated heterocycles. The van der Waals surface area contributed by atoms with Gasteiger partial charge in [-0.15, -0.1) is 0 Å². The molecule has 0 saturated carbocycles. The zero-order valence-corrected chi connectivity index (χ0v) is 25.0. The minimum atomic E-state index is -0.304. The van der Waals surface area contributed by atoms with Crippen molar-refractivity contribution >= 4 is 39.8 Å². The molecular weight excluding hydrogens is 538 g/mol. The van der Waals surface area contributed by atoms with Gasteiger partial charge in [-0.25, -0.2) is 9.97 Å². The Balaban J connectivity index is 1.40. The monoisotopic (exact) mass is 575 g/mol. The van der Waals surface area contributed by atoms with Crippen LogP contribution in [0.5, 0.6) is 5.75 Å². The number of rotatable bonds is 12. The van der Waals surface area contributed by atoms with Crippen molar-refractivity contribution in [2.45, 2.75) is 6.54 Å². The van der Waals surface area contributed by atoms with Crippen LogP contribution in [-0.2, 0) is 18.4 Å². The number of carbonyl (C=O) groups is 1. The zero-order chi connectivity index (χ0) is 30.3. The number of benzene rings is 3. The van der Waals surface area contributed by atoms with Crippen molar-refractivity contribution in [2.75, 3.05) is 49.8 Å². The molecule has 5 aromatic rings. The van der Waals surface area contributed by atoms with E-state index in [4.69, 9.17) is 9.72 Å². The number of para-hydroxylation sites is 1. The third-order valence-electron chi connectivity index (χ3n) is 7.36. The van der Waals surface area contributed by atoms with E-state index in [2.05, 4.69) is 86.2 Å². The second-order valence-corrected chi connectivity index (χ2v) is 10.5. The molecule has 2 heterocycles. The Hall–Kier alpha value is -5.15. The lowest BCUT2D eigenvalue weighted by molar-refractivity contribution is -0.111. The van der Waals surface area contributed by atoms with E-state index in [1.165, 1.54) is 11.6 Å². The van der Waals surface area contributed by atoms with Gasteiger partial charge in [0.1, 0.15) is 5.75 Å². The summed E-state index contributed by atoms with van der Waals surface area (Å²) < 4.78 is 7.87. The molecule has 0 spiro atoms. The fourth-order valence-corrected chi connectivity index (χ4v) is 5.09. The van der Waals surface area contributed by atoms with Gasteiger partial charge in [0.15, 0.2) is 0 Å². The number of ether oxygens (including phenoxy) is 1. The highest BCUT2D eigenvalue weighted by Gasteiger charge is 2.17. The summed E-state index contributed by atoms with van der Waals surface area (Å²) in [6, 6.07) is 24.3. The van der Waals surface area contributed by atoms with Crippen molar-refractivity contribution in [1.82, 2.24) is 19.4 Å². The van der Waals surface area contributed by atoms with Crippen LogP contribution < -0.4 is 20.3 Å². The minimum absolute atomic E-state index is 0.304. The minimum Gasteiger partial charge on any atom is -0.494 e. The number of hydrogen-bond donors (Lipinski definition) is 2. The van der Waals surface area contributed by atoms with Crippen LogP contribution in [0.4, 0.5) is 23.0 Å². The number of anilines is 4. The number of hydrogen-bond acceptors (Lipinski definition) is 7. The number of amides is 1. The van der Waals surface area contributed by atoms with Gasteiger partial charge in [-0.2, -0.15) is 0 Å². The van der Waals surface area contributed by atoms with Crippen LogP contribution in [0.3, 0.4) is 0 Å². The number of aromatic nitrogens is 3. The SMILES string of the molecule is C=CC(=O)Nc1cc(Nc2nccc(-c3cn(C)c4ccccc34)n2)c(OC)cc1N(C)CCN(C)Cc1ccccc1. The molecule has 2 N–H and O–H groups in total. The lowest BCUT2D eigenvalue weighted by Crippen LogP contribution is -2.31. The molecule has 5 rings (SSSR count). The van der Waals surface area contributed by atoms with Crippen LogP contribution in [0.1, 0.15) is 5.56 Å². The molecule has 3 aromatic carbocycles. The van der Waals surface area contributed by atoms with Crippen molar-refractivity contribution in [2.24, 2.45) is 7.05 Å². The maximum absolute atomic E-state index is 12.4. The Morgan fingerprint density at radius 1 is 1.02 bits per heavy atom. The highest BCUT2D eigenvalue weighted by atomic mass is 16.5. The summed E-state index contributed by atoms with van der Waals surface area (Å²) in [6.07, 6.45) is 5.06. The Morgan fingerprint density at radius 3 is 2.56 bits per heavy atom. The largest absolute Gasteiger partial charge is 0.494 e. The van der Waals surface area contributed by atoms with Crippen LogP contribution in [0.2, 0.25) is 0 Å². The maximum Gasteiger partial charge on any atom is 0.247 e. The average Bonchev–Trinajstić information content (AvgIpc) is 3.37. The summed E-state index contributed by atoms with van der Waals surface area (Å²) in [5.74, 6) is 0.699. The molecule has 1 amide bonds. The van der Waals surface area contributed by atoms with E-state index in [0.29, 0.717) is 23.1 Å². The predicted molar refractivity (Wildman–Crippen MR) is 175 cm³/mol. The molecule has 9 nitrogen and oxygen atoms in total. The van der Waals surface area contributed by atoms with E-state index >= 15 is 0 Å². The molecule has 0 unspecified atom stereocenters. The number of nitrogens with zero attached hydrogens (tertiary/aromatic N) is 5. The lowest BCUT2D eigenvalue weighted by Gasteiger charge is -2.27. The summed E-state index contributed by atoms with van der Waals surface area (Å²) in [6.45, 7) is 6.01. The standard InChI is InChI=1S/C34H37N7O2/c1-6-33(42)36-28-20-29(32(43-5)21-31(28)40(3)19-18-39(2)22-24-12-8-7-9-13-24)38-34-35-17-16-27(37-34)26-23-41(4)30-15-11-10-14-25(26)30/h6-17,20-21,23H,1,18-19,22H2,2-5H3,(H,36,42)(H,35,37,38). The van der Waals surface area contributed by atoms with Crippen LogP contribution in [-0.4, -0.2) is 59.6 Å². The van der Waals surface area contributed by atoms with Gasteiger partial charge >= 0.3 is 0 Å². The molecule has 9 heteroatoms. The van der Waals surface area contributed by atoms with Gasteiger partial charge in [0, 0.05) is 68.7 Å². The second kappa shape index (κ2) is 13.2. The fraction of sp³-hybridized carbons (Fsp3) is 0.206.